The van der Waals surface area contributed by atoms with Gasteiger partial charge in [0.25, 0.3) is 5.22 Å². The molecule has 1 aliphatic heterocycles. The van der Waals surface area contributed by atoms with Crippen LogP contribution in [0.5, 0.6) is 11.5 Å². The predicted molar refractivity (Wildman–Crippen MR) is 124 cm³/mol. The van der Waals surface area contributed by atoms with Crippen LogP contribution in [-0.2, 0) is 11.3 Å². The first-order chi connectivity index (χ1) is 16.1. The summed E-state index contributed by atoms with van der Waals surface area (Å²) in [7, 11) is 3.23. The molecular formula is C22H21N5O4S2. The summed E-state index contributed by atoms with van der Waals surface area (Å²) in [5.41, 5.74) is 1.95. The van der Waals surface area contributed by atoms with Gasteiger partial charge in [-0.2, -0.15) is 0 Å². The third-order valence-corrected chi connectivity index (χ3v) is 7.04. The Kier molecular flexibility index (Phi) is 5.90. The van der Waals surface area contributed by atoms with Crippen LogP contribution in [0.15, 0.2) is 38.2 Å². The summed E-state index contributed by atoms with van der Waals surface area (Å²) in [5.74, 6) is 2.51. The number of hydrogen-bond acceptors (Lipinski definition) is 10. The van der Waals surface area contributed by atoms with Crippen LogP contribution in [0.4, 0.5) is 0 Å². The van der Waals surface area contributed by atoms with Crippen molar-refractivity contribution >= 4 is 39.2 Å². The molecule has 0 unspecified atom stereocenters. The van der Waals surface area contributed by atoms with Crippen molar-refractivity contribution in [1.29, 1.82) is 0 Å². The first-order valence-electron chi connectivity index (χ1n) is 10.3. The monoisotopic (exact) mass is 483 g/mol. The van der Waals surface area contributed by atoms with Crippen molar-refractivity contribution in [2.45, 2.75) is 36.6 Å². The summed E-state index contributed by atoms with van der Waals surface area (Å²) >= 11 is 2.85. The lowest BCUT2D eigenvalue weighted by atomic mass is 10.1. The van der Waals surface area contributed by atoms with Crippen molar-refractivity contribution in [2.75, 3.05) is 20.8 Å². The van der Waals surface area contributed by atoms with Gasteiger partial charge in [0.2, 0.25) is 11.8 Å². The van der Waals surface area contributed by atoms with Crippen LogP contribution in [0.3, 0.4) is 0 Å². The Balaban J connectivity index is 1.49. The van der Waals surface area contributed by atoms with Crippen LogP contribution >= 0.6 is 23.1 Å². The van der Waals surface area contributed by atoms with Gasteiger partial charge in [-0.3, -0.25) is 4.79 Å². The number of benzene rings is 1. The number of carbonyl (C=O) groups excluding carboxylic acids is 1. The molecule has 0 N–H and O–H groups in total. The van der Waals surface area contributed by atoms with E-state index in [1.807, 2.05) is 25.1 Å². The van der Waals surface area contributed by atoms with E-state index in [-0.39, 0.29) is 5.91 Å². The number of carbonyl (C=O) groups is 1. The summed E-state index contributed by atoms with van der Waals surface area (Å²) in [6, 6.07) is 5.80. The Labute approximate surface area is 198 Å². The third kappa shape index (κ3) is 4.25. The number of hydrogen-bond donors (Lipinski definition) is 0. The SMILES string of the molecule is COc1ccc(-c2csc3nc(C)nc(Sc4nnc(CN5CCCC5=O)o4)c23)cc1OC. The summed E-state index contributed by atoms with van der Waals surface area (Å²) < 4.78 is 16.7. The molecule has 0 atom stereocenters. The molecule has 5 rings (SSSR count). The van der Waals surface area contributed by atoms with Gasteiger partial charge in [0, 0.05) is 23.9 Å². The zero-order valence-electron chi connectivity index (χ0n) is 18.3. The minimum Gasteiger partial charge on any atom is -0.493 e. The maximum absolute atomic E-state index is 11.9. The smallest absolute Gasteiger partial charge is 0.283 e. The predicted octanol–water partition coefficient (Wildman–Crippen LogP) is 4.34. The van der Waals surface area contributed by atoms with Crippen molar-refractivity contribution in [2.24, 2.45) is 0 Å². The number of ether oxygens (including phenoxy) is 2. The van der Waals surface area contributed by atoms with Crippen molar-refractivity contribution in [3.63, 3.8) is 0 Å². The van der Waals surface area contributed by atoms with Crippen LogP contribution in [0.25, 0.3) is 21.3 Å². The largest absolute Gasteiger partial charge is 0.493 e. The molecule has 4 heterocycles. The lowest BCUT2D eigenvalue weighted by Crippen LogP contribution is -2.23. The lowest BCUT2D eigenvalue weighted by Gasteiger charge is -2.11. The molecule has 1 aromatic carbocycles. The Morgan fingerprint density at radius 1 is 1.18 bits per heavy atom. The van der Waals surface area contributed by atoms with Crippen molar-refractivity contribution in [3.8, 4) is 22.6 Å². The zero-order chi connectivity index (χ0) is 22.9. The number of aromatic nitrogens is 4. The molecule has 1 aliphatic rings. The Bertz CT molecular complexity index is 1340. The van der Waals surface area contributed by atoms with Gasteiger partial charge in [-0.1, -0.05) is 6.07 Å². The van der Waals surface area contributed by atoms with E-state index >= 15 is 0 Å². The molecule has 170 valence electrons. The molecule has 3 aromatic heterocycles. The molecule has 1 fully saturated rings. The molecule has 0 radical (unpaired) electrons. The highest BCUT2D eigenvalue weighted by Crippen LogP contribution is 2.42. The lowest BCUT2D eigenvalue weighted by molar-refractivity contribution is -0.128. The van der Waals surface area contributed by atoms with Gasteiger partial charge in [-0.05, 0) is 42.8 Å². The van der Waals surface area contributed by atoms with Gasteiger partial charge in [0.05, 0.1) is 26.2 Å². The molecule has 9 nitrogen and oxygen atoms in total. The van der Waals surface area contributed by atoms with E-state index in [1.165, 1.54) is 11.8 Å². The topological polar surface area (TPSA) is 103 Å². The average molecular weight is 484 g/mol. The Morgan fingerprint density at radius 3 is 2.79 bits per heavy atom. The maximum Gasteiger partial charge on any atom is 0.283 e. The minimum absolute atomic E-state index is 0.119. The van der Waals surface area contributed by atoms with Crippen LogP contribution in [0.2, 0.25) is 0 Å². The number of nitrogens with zero attached hydrogens (tertiary/aromatic N) is 5. The fourth-order valence-electron chi connectivity index (χ4n) is 3.76. The molecular weight excluding hydrogens is 462 g/mol. The van der Waals surface area contributed by atoms with E-state index in [0.29, 0.717) is 41.4 Å². The number of aryl methyl sites for hydroxylation is 1. The van der Waals surface area contributed by atoms with Gasteiger partial charge >= 0.3 is 0 Å². The average Bonchev–Trinajstić information content (AvgIpc) is 3.54. The molecule has 1 saturated heterocycles. The number of rotatable bonds is 7. The van der Waals surface area contributed by atoms with E-state index in [1.54, 1.807) is 30.5 Å². The zero-order valence-corrected chi connectivity index (χ0v) is 20.0. The third-order valence-electron chi connectivity index (χ3n) is 5.34. The molecule has 0 bridgehead atoms. The van der Waals surface area contributed by atoms with Gasteiger partial charge in [-0.15, -0.1) is 21.5 Å². The fourth-order valence-corrected chi connectivity index (χ4v) is 5.69. The Morgan fingerprint density at radius 2 is 2.03 bits per heavy atom. The fraction of sp³-hybridized carbons (Fsp3) is 0.318. The van der Waals surface area contributed by atoms with E-state index in [0.717, 1.165) is 39.3 Å². The maximum atomic E-state index is 11.9. The molecule has 0 aliphatic carbocycles. The highest BCUT2D eigenvalue weighted by molar-refractivity contribution is 7.99. The highest BCUT2D eigenvalue weighted by Gasteiger charge is 2.23. The second-order valence-electron chi connectivity index (χ2n) is 7.46. The number of amides is 1. The molecule has 0 spiro atoms. The van der Waals surface area contributed by atoms with Crippen molar-refractivity contribution < 1.29 is 18.7 Å². The number of likely N-dealkylation sites (tertiary alicyclic amines) is 1. The normalized spacial score (nSPS) is 13.8. The van der Waals surface area contributed by atoms with E-state index in [2.05, 4.69) is 25.5 Å². The second-order valence-corrected chi connectivity index (χ2v) is 9.26. The van der Waals surface area contributed by atoms with E-state index in [4.69, 9.17) is 13.9 Å². The number of thiophene rings is 1. The summed E-state index contributed by atoms with van der Waals surface area (Å²) in [5, 5.41) is 12.4. The van der Waals surface area contributed by atoms with Crippen molar-refractivity contribution in [3.05, 3.63) is 35.3 Å². The second kappa shape index (κ2) is 8.99. The first-order valence-corrected chi connectivity index (χ1v) is 12.0. The minimum atomic E-state index is 0.119. The first kappa shape index (κ1) is 21.7. The van der Waals surface area contributed by atoms with Crippen molar-refractivity contribution in [1.82, 2.24) is 25.1 Å². The summed E-state index contributed by atoms with van der Waals surface area (Å²) in [4.78, 5) is 23.8. The molecule has 4 aromatic rings. The molecule has 1 amide bonds. The van der Waals surface area contributed by atoms with Gasteiger partial charge in [0.15, 0.2) is 11.5 Å². The summed E-state index contributed by atoms with van der Waals surface area (Å²) in [6.07, 6.45) is 1.44. The number of methoxy groups -OCH3 is 2. The standard InChI is InChI=1S/C22H21N5O4S2/c1-12-23-20-19(14(11-32-20)13-6-7-15(29-2)16(9-13)30-3)21(24-12)33-22-26-25-17(31-22)10-27-8-4-5-18(27)28/h6-7,9,11H,4-5,8,10H2,1-3H3. The van der Waals surface area contributed by atoms with Crippen LogP contribution in [-0.4, -0.2) is 51.7 Å². The van der Waals surface area contributed by atoms with Gasteiger partial charge in [0.1, 0.15) is 15.7 Å². The van der Waals surface area contributed by atoms with Gasteiger partial charge < -0.3 is 18.8 Å². The van der Waals surface area contributed by atoms with Crippen LogP contribution in [0, 0.1) is 6.92 Å². The van der Waals surface area contributed by atoms with Gasteiger partial charge in [-0.25, -0.2) is 9.97 Å². The van der Waals surface area contributed by atoms with Crippen LogP contribution in [0.1, 0.15) is 24.6 Å². The molecule has 0 saturated carbocycles. The quantitative estimate of drug-likeness (QED) is 0.355. The Hall–Kier alpha value is -3.18. The molecule has 11 heteroatoms. The summed E-state index contributed by atoms with van der Waals surface area (Å²) in [6.45, 7) is 2.91. The van der Waals surface area contributed by atoms with Crippen LogP contribution < -0.4 is 9.47 Å². The van der Waals surface area contributed by atoms with E-state index < -0.39 is 0 Å². The van der Waals surface area contributed by atoms with E-state index in [9.17, 15) is 4.79 Å². The highest BCUT2D eigenvalue weighted by atomic mass is 32.2. The number of fused-ring (bicyclic) bond motifs is 1. The molecule has 33 heavy (non-hydrogen) atoms.